The van der Waals surface area contributed by atoms with Crippen LogP contribution < -0.4 is 5.32 Å². The molecule has 0 saturated carbocycles. The standard InChI is InChI=1S/C13H17NO2/c1-3-16-13(15)12-7-11-9(2)5-4-6-10(11)8-14-12/h4-6,12,14H,3,7-8H2,1-2H3. The lowest BCUT2D eigenvalue weighted by atomic mass is 9.92. The van der Waals surface area contributed by atoms with Crippen LogP contribution in [0.2, 0.25) is 0 Å². The highest BCUT2D eigenvalue weighted by molar-refractivity contribution is 5.76. The van der Waals surface area contributed by atoms with Crippen molar-refractivity contribution in [3.05, 3.63) is 34.9 Å². The molecule has 0 amide bonds. The second-order valence-electron chi connectivity index (χ2n) is 4.10. The largest absolute Gasteiger partial charge is 0.465 e. The van der Waals surface area contributed by atoms with E-state index >= 15 is 0 Å². The fourth-order valence-electron chi connectivity index (χ4n) is 2.14. The van der Waals surface area contributed by atoms with Crippen molar-refractivity contribution in [2.75, 3.05) is 6.61 Å². The molecule has 0 aliphatic carbocycles. The van der Waals surface area contributed by atoms with E-state index < -0.39 is 0 Å². The summed E-state index contributed by atoms with van der Waals surface area (Å²) in [7, 11) is 0. The van der Waals surface area contributed by atoms with Crippen LogP contribution in [0.5, 0.6) is 0 Å². The fraction of sp³-hybridized carbons (Fsp3) is 0.462. The zero-order valence-corrected chi connectivity index (χ0v) is 9.75. The van der Waals surface area contributed by atoms with Gasteiger partial charge in [-0.25, -0.2) is 0 Å². The highest BCUT2D eigenvalue weighted by Gasteiger charge is 2.25. The first-order chi connectivity index (χ1) is 7.72. The molecule has 0 aromatic heterocycles. The van der Waals surface area contributed by atoms with Gasteiger partial charge in [0.05, 0.1) is 6.61 Å². The van der Waals surface area contributed by atoms with Gasteiger partial charge in [-0.1, -0.05) is 18.2 Å². The van der Waals surface area contributed by atoms with Crippen molar-refractivity contribution in [1.29, 1.82) is 0 Å². The van der Waals surface area contributed by atoms with E-state index in [1.54, 1.807) is 0 Å². The molecule has 2 rings (SSSR count). The Hall–Kier alpha value is -1.35. The number of ether oxygens (including phenoxy) is 1. The number of fused-ring (bicyclic) bond motifs is 1. The quantitative estimate of drug-likeness (QED) is 0.767. The van der Waals surface area contributed by atoms with Crippen LogP contribution in [0.1, 0.15) is 23.6 Å². The molecule has 1 unspecified atom stereocenters. The number of carbonyl (C=O) groups is 1. The molecule has 0 spiro atoms. The molecule has 0 fully saturated rings. The molecule has 1 atom stereocenters. The highest BCUT2D eigenvalue weighted by Crippen LogP contribution is 2.20. The molecule has 0 radical (unpaired) electrons. The SMILES string of the molecule is CCOC(=O)C1Cc2c(C)cccc2CN1. The van der Waals surface area contributed by atoms with Gasteiger partial charge < -0.3 is 10.1 Å². The fourth-order valence-corrected chi connectivity index (χ4v) is 2.14. The van der Waals surface area contributed by atoms with Crippen LogP contribution >= 0.6 is 0 Å². The summed E-state index contributed by atoms with van der Waals surface area (Å²) in [5.41, 5.74) is 3.84. The van der Waals surface area contributed by atoms with Crippen LogP contribution in [0.3, 0.4) is 0 Å². The monoisotopic (exact) mass is 219 g/mol. The maximum atomic E-state index is 11.6. The topological polar surface area (TPSA) is 38.3 Å². The number of aryl methyl sites for hydroxylation is 1. The Morgan fingerprint density at radius 2 is 2.38 bits per heavy atom. The lowest BCUT2D eigenvalue weighted by Crippen LogP contribution is -2.43. The van der Waals surface area contributed by atoms with Gasteiger partial charge in [-0.3, -0.25) is 4.79 Å². The highest BCUT2D eigenvalue weighted by atomic mass is 16.5. The molecule has 1 N–H and O–H groups in total. The van der Waals surface area contributed by atoms with Crippen molar-refractivity contribution in [3.8, 4) is 0 Å². The first-order valence-corrected chi connectivity index (χ1v) is 5.69. The number of esters is 1. The van der Waals surface area contributed by atoms with E-state index in [4.69, 9.17) is 4.74 Å². The van der Waals surface area contributed by atoms with E-state index in [1.165, 1.54) is 16.7 Å². The molecular weight excluding hydrogens is 202 g/mol. The maximum Gasteiger partial charge on any atom is 0.323 e. The van der Waals surface area contributed by atoms with E-state index in [1.807, 2.05) is 6.92 Å². The zero-order valence-electron chi connectivity index (χ0n) is 9.75. The summed E-state index contributed by atoms with van der Waals surface area (Å²) in [4.78, 5) is 11.6. The lowest BCUT2D eigenvalue weighted by Gasteiger charge is -2.25. The van der Waals surface area contributed by atoms with Gasteiger partial charge in [0.15, 0.2) is 0 Å². The Bertz CT molecular complexity index is 401. The van der Waals surface area contributed by atoms with E-state index in [0.29, 0.717) is 6.61 Å². The van der Waals surface area contributed by atoms with Crippen LogP contribution in [-0.2, 0) is 22.5 Å². The number of benzene rings is 1. The summed E-state index contributed by atoms with van der Waals surface area (Å²) in [5, 5.41) is 3.21. The summed E-state index contributed by atoms with van der Waals surface area (Å²) in [6.07, 6.45) is 0.737. The lowest BCUT2D eigenvalue weighted by molar-refractivity contribution is -0.145. The average Bonchev–Trinajstić information content (AvgIpc) is 2.29. The average molecular weight is 219 g/mol. The number of hydrogen-bond donors (Lipinski definition) is 1. The van der Waals surface area contributed by atoms with Crippen molar-refractivity contribution >= 4 is 5.97 Å². The molecule has 16 heavy (non-hydrogen) atoms. The Morgan fingerprint density at radius 1 is 1.56 bits per heavy atom. The molecule has 1 aromatic rings. The summed E-state index contributed by atoms with van der Waals surface area (Å²) in [6.45, 7) is 5.12. The Kier molecular flexibility index (Phi) is 3.25. The second kappa shape index (κ2) is 4.66. The summed E-state index contributed by atoms with van der Waals surface area (Å²) in [5.74, 6) is -0.142. The molecule has 3 heteroatoms. The predicted molar refractivity (Wildman–Crippen MR) is 62.1 cm³/mol. The molecule has 0 bridgehead atoms. The molecule has 86 valence electrons. The van der Waals surface area contributed by atoms with Crippen molar-refractivity contribution in [1.82, 2.24) is 5.32 Å². The molecule has 1 aliphatic heterocycles. The van der Waals surface area contributed by atoms with Crippen molar-refractivity contribution in [2.24, 2.45) is 0 Å². The van der Waals surface area contributed by atoms with Crippen LogP contribution in [0.25, 0.3) is 0 Å². The van der Waals surface area contributed by atoms with E-state index in [2.05, 4.69) is 30.4 Å². The smallest absolute Gasteiger partial charge is 0.323 e. The molecule has 0 saturated heterocycles. The van der Waals surface area contributed by atoms with Gasteiger partial charge in [0.25, 0.3) is 0 Å². The number of hydrogen-bond acceptors (Lipinski definition) is 3. The second-order valence-corrected chi connectivity index (χ2v) is 4.10. The maximum absolute atomic E-state index is 11.6. The van der Waals surface area contributed by atoms with Crippen molar-refractivity contribution in [2.45, 2.75) is 32.9 Å². The molecular formula is C13H17NO2. The van der Waals surface area contributed by atoms with Crippen LogP contribution in [0.4, 0.5) is 0 Å². The van der Waals surface area contributed by atoms with Gasteiger partial charge in [-0.15, -0.1) is 0 Å². The van der Waals surface area contributed by atoms with Crippen LogP contribution in [0.15, 0.2) is 18.2 Å². The third-order valence-corrected chi connectivity index (χ3v) is 3.03. The summed E-state index contributed by atoms with van der Waals surface area (Å²) < 4.78 is 5.03. The van der Waals surface area contributed by atoms with Gasteiger partial charge in [0.1, 0.15) is 6.04 Å². The minimum absolute atomic E-state index is 0.142. The van der Waals surface area contributed by atoms with Gasteiger partial charge in [0.2, 0.25) is 0 Å². The molecule has 1 heterocycles. The van der Waals surface area contributed by atoms with Gasteiger partial charge >= 0.3 is 5.97 Å². The van der Waals surface area contributed by atoms with Gasteiger partial charge in [-0.2, -0.15) is 0 Å². The van der Waals surface area contributed by atoms with Crippen molar-refractivity contribution < 1.29 is 9.53 Å². The van der Waals surface area contributed by atoms with Crippen LogP contribution in [0, 0.1) is 6.92 Å². The minimum atomic E-state index is -0.187. The van der Waals surface area contributed by atoms with Gasteiger partial charge in [0, 0.05) is 6.54 Å². The van der Waals surface area contributed by atoms with Crippen LogP contribution in [-0.4, -0.2) is 18.6 Å². The third-order valence-electron chi connectivity index (χ3n) is 3.03. The number of nitrogens with one attached hydrogen (secondary N) is 1. The zero-order chi connectivity index (χ0) is 11.5. The first kappa shape index (κ1) is 11.1. The summed E-state index contributed by atoms with van der Waals surface area (Å²) >= 11 is 0. The molecule has 1 aliphatic rings. The van der Waals surface area contributed by atoms with Gasteiger partial charge in [-0.05, 0) is 37.0 Å². The van der Waals surface area contributed by atoms with Crippen molar-refractivity contribution in [3.63, 3.8) is 0 Å². The predicted octanol–water partition coefficient (Wildman–Crippen LogP) is 1.57. The normalized spacial score (nSPS) is 19.0. The minimum Gasteiger partial charge on any atom is -0.465 e. The number of carbonyl (C=O) groups excluding carboxylic acids is 1. The first-order valence-electron chi connectivity index (χ1n) is 5.69. The Balaban J connectivity index is 2.17. The van der Waals surface area contributed by atoms with E-state index in [9.17, 15) is 4.79 Å². The van der Waals surface area contributed by atoms with E-state index in [0.717, 1.165) is 13.0 Å². The summed E-state index contributed by atoms with van der Waals surface area (Å²) in [6, 6.07) is 6.07. The Labute approximate surface area is 95.8 Å². The van der Waals surface area contributed by atoms with E-state index in [-0.39, 0.29) is 12.0 Å². The Morgan fingerprint density at radius 3 is 3.12 bits per heavy atom. The molecule has 1 aromatic carbocycles. The number of rotatable bonds is 2. The third kappa shape index (κ3) is 2.09. The molecule has 3 nitrogen and oxygen atoms in total.